The molecule has 116 valence electrons. The second kappa shape index (κ2) is 7.26. The van der Waals surface area contributed by atoms with Gasteiger partial charge in [0.25, 0.3) is 0 Å². The summed E-state index contributed by atoms with van der Waals surface area (Å²) in [5.41, 5.74) is 4.67. The van der Waals surface area contributed by atoms with Crippen LogP contribution in [0.4, 0.5) is 5.69 Å². The van der Waals surface area contributed by atoms with Crippen molar-refractivity contribution >= 4 is 11.9 Å². The van der Waals surface area contributed by atoms with Gasteiger partial charge >= 0.3 is 0 Å². The molecule has 0 atom stereocenters. The number of methoxy groups -OCH3 is 1. The highest BCUT2D eigenvalue weighted by atomic mass is 16.5. The Balaban J connectivity index is 2.49. The van der Waals surface area contributed by atoms with Crippen LogP contribution in [0, 0.1) is 0 Å². The molecule has 2 aromatic rings. The number of para-hydroxylation sites is 2. The Morgan fingerprint density at radius 1 is 0.864 bits per heavy atom. The minimum Gasteiger partial charge on any atom is -0.496 e. The van der Waals surface area contributed by atoms with Crippen molar-refractivity contribution in [3.8, 4) is 5.75 Å². The number of hydrogen-bond acceptors (Lipinski definition) is 2. The number of benzene rings is 2. The summed E-state index contributed by atoms with van der Waals surface area (Å²) >= 11 is 0. The molecule has 0 spiro atoms. The summed E-state index contributed by atoms with van der Waals surface area (Å²) < 4.78 is 5.40. The molecule has 0 saturated carbocycles. The van der Waals surface area contributed by atoms with Crippen LogP contribution >= 0.6 is 0 Å². The maximum atomic E-state index is 5.40. The van der Waals surface area contributed by atoms with Gasteiger partial charge in [-0.2, -0.15) is 0 Å². The van der Waals surface area contributed by atoms with Gasteiger partial charge in [0.15, 0.2) is 0 Å². The average molecular weight is 295 g/mol. The van der Waals surface area contributed by atoms with Crippen molar-refractivity contribution in [3.63, 3.8) is 0 Å². The molecular formula is C20H25NO. The van der Waals surface area contributed by atoms with Crippen LogP contribution in [0.5, 0.6) is 5.75 Å². The molecule has 0 aromatic heterocycles. The molecule has 0 aliphatic rings. The van der Waals surface area contributed by atoms with E-state index in [9.17, 15) is 0 Å². The topological polar surface area (TPSA) is 21.6 Å². The molecule has 0 aliphatic heterocycles. The first kappa shape index (κ1) is 16.3. The lowest BCUT2D eigenvalue weighted by atomic mass is 9.93. The molecule has 0 fully saturated rings. The molecule has 0 saturated heterocycles. The number of aliphatic imine (C=N–C) groups is 1. The largest absolute Gasteiger partial charge is 0.496 e. The molecule has 0 aliphatic carbocycles. The van der Waals surface area contributed by atoms with Gasteiger partial charge in [-0.1, -0.05) is 58.0 Å². The highest BCUT2D eigenvalue weighted by molar-refractivity contribution is 5.86. The molecule has 2 heteroatoms. The zero-order valence-electron chi connectivity index (χ0n) is 14.1. The van der Waals surface area contributed by atoms with Gasteiger partial charge in [-0.3, -0.25) is 4.99 Å². The summed E-state index contributed by atoms with van der Waals surface area (Å²) in [5, 5.41) is 0. The maximum Gasteiger partial charge on any atom is 0.127 e. The van der Waals surface area contributed by atoms with E-state index in [0.29, 0.717) is 11.8 Å². The molecule has 0 amide bonds. The molecule has 0 N–H and O–H groups in total. The number of rotatable bonds is 5. The molecule has 0 bridgehead atoms. The summed E-state index contributed by atoms with van der Waals surface area (Å²) in [7, 11) is 1.69. The smallest absolute Gasteiger partial charge is 0.127 e. The predicted molar refractivity (Wildman–Crippen MR) is 94.9 cm³/mol. The summed E-state index contributed by atoms with van der Waals surface area (Å²) in [6.45, 7) is 8.84. The van der Waals surface area contributed by atoms with Gasteiger partial charge in [0.05, 0.1) is 12.8 Å². The van der Waals surface area contributed by atoms with Gasteiger partial charge in [0.1, 0.15) is 5.75 Å². The second-order valence-corrected chi connectivity index (χ2v) is 6.09. The fourth-order valence-electron chi connectivity index (χ4n) is 2.57. The van der Waals surface area contributed by atoms with Crippen LogP contribution in [-0.2, 0) is 0 Å². The second-order valence-electron chi connectivity index (χ2n) is 6.09. The Hall–Kier alpha value is -2.09. The highest BCUT2D eigenvalue weighted by Gasteiger charge is 2.12. The lowest BCUT2D eigenvalue weighted by Crippen LogP contribution is -1.96. The van der Waals surface area contributed by atoms with E-state index in [4.69, 9.17) is 9.73 Å². The van der Waals surface area contributed by atoms with Gasteiger partial charge in [0.2, 0.25) is 0 Å². The van der Waals surface area contributed by atoms with Crippen LogP contribution in [0.15, 0.2) is 47.5 Å². The first-order valence-corrected chi connectivity index (χ1v) is 7.84. The van der Waals surface area contributed by atoms with Crippen LogP contribution in [0.3, 0.4) is 0 Å². The van der Waals surface area contributed by atoms with Crippen LogP contribution in [0.1, 0.15) is 56.2 Å². The summed E-state index contributed by atoms with van der Waals surface area (Å²) in [4.78, 5) is 4.82. The Morgan fingerprint density at radius 3 is 2.00 bits per heavy atom. The minimum absolute atomic E-state index is 0.448. The van der Waals surface area contributed by atoms with Crippen LogP contribution in [-0.4, -0.2) is 13.3 Å². The number of nitrogens with zero attached hydrogens (tertiary/aromatic N) is 1. The standard InChI is InChI=1S/C20H25NO/c1-14(2)17-10-8-11-18(15(3)4)20(17)21-13-16-9-6-7-12-19(16)22-5/h6-15H,1-5H3. The lowest BCUT2D eigenvalue weighted by molar-refractivity contribution is 0.414. The molecule has 2 rings (SSSR count). The maximum absolute atomic E-state index is 5.40. The normalized spacial score (nSPS) is 11.6. The molecule has 0 radical (unpaired) electrons. The molecule has 0 unspecified atom stereocenters. The van der Waals surface area contributed by atoms with Gasteiger partial charge in [-0.15, -0.1) is 0 Å². The molecule has 0 heterocycles. The summed E-state index contributed by atoms with van der Waals surface area (Å²) in [5.74, 6) is 1.74. The van der Waals surface area contributed by atoms with Crippen LogP contribution in [0.25, 0.3) is 0 Å². The molecular weight excluding hydrogens is 270 g/mol. The Morgan fingerprint density at radius 2 is 1.45 bits per heavy atom. The van der Waals surface area contributed by atoms with Crippen LogP contribution in [0.2, 0.25) is 0 Å². The van der Waals surface area contributed by atoms with Crippen LogP contribution < -0.4 is 4.74 Å². The number of hydrogen-bond donors (Lipinski definition) is 0. The van der Waals surface area contributed by atoms with E-state index >= 15 is 0 Å². The van der Waals surface area contributed by atoms with Crippen molar-refractivity contribution in [1.82, 2.24) is 0 Å². The van der Waals surface area contributed by atoms with E-state index in [1.165, 1.54) is 11.1 Å². The number of ether oxygens (including phenoxy) is 1. The van der Waals surface area contributed by atoms with Gasteiger partial charge < -0.3 is 4.74 Å². The third kappa shape index (κ3) is 3.56. The first-order chi connectivity index (χ1) is 10.5. The van der Waals surface area contributed by atoms with E-state index in [1.807, 2.05) is 30.5 Å². The highest BCUT2D eigenvalue weighted by Crippen LogP contribution is 2.34. The van der Waals surface area contributed by atoms with Gasteiger partial charge in [0, 0.05) is 11.8 Å². The Bertz CT molecular complexity index is 630. The van der Waals surface area contributed by atoms with Crippen molar-refractivity contribution in [3.05, 3.63) is 59.2 Å². The van der Waals surface area contributed by atoms with Crippen molar-refractivity contribution in [2.75, 3.05) is 7.11 Å². The zero-order chi connectivity index (χ0) is 16.1. The summed E-state index contributed by atoms with van der Waals surface area (Å²) in [6.07, 6.45) is 1.91. The first-order valence-electron chi connectivity index (χ1n) is 7.84. The fraction of sp³-hybridized carbons (Fsp3) is 0.350. The predicted octanol–water partition coefficient (Wildman–Crippen LogP) is 5.69. The van der Waals surface area contributed by atoms with E-state index in [-0.39, 0.29) is 0 Å². The van der Waals surface area contributed by atoms with Gasteiger partial charge in [-0.25, -0.2) is 0 Å². The Labute approximate surface area is 133 Å². The molecule has 22 heavy (non-hydrogen) atoms. The molecule has 2 aromatic carbocycles. The van der Waals surface area contributed by atoms with E-state index < -0.39 is 0 Å². The Kier molecular flexibility index (Phi) is 5.37. The molecule has 2 nitrogen and oxygen atoms in total. The SMILES string of the molecule is COc1ccccc1C=Nc1c(C(C)C)cccc1C(C)C. The van der Waals surface area contributed by atoms with Gasteiger partial charge in [-0.05, 0) is 35.1 Å². The average Bonchev–Trinajstić information content (AvgIpc) is 2.52. The lowest BCUT2D eigenvalue weighted by Gasteiger charge is -2.16. The van der Waals surface area contributed by atoms with Crippen molar-refractivity contribution in [2.24, 2.45) is 4.99 Å². The van der Waals surface area contributed by atoms with E-state index in [0.717, 1.165) is 17.0 Å². The van der Waals surface area contributed by atoms with E-state index in [2.05, 4.69) is 45.9 Å². The third-order valence-corrected chi connectivity index (χ3v) is 3.81. The van der Waals surface area contributed by atoms with Crippen molar-refractivity contribution in [1.29, 1.82) is 0 Å². The fourth-order valence-corrected chi connectivity index (χ4v) is 2.57. The minimum atomic E-state index is 0.448. The quantitative estimate of drug-likeness (QED) is 0.649. The monoisotopic (exact) mass is 295 g/mol. The van der Waals surface area contributed by atoms with E-state index in [1.54, 1.807) is 7.11 Å². The summed E-state index contributed by atoms with van der Waals surface area (Å²) in [6, 6.07) is 14.4. The zero-order valence-corrected chi connectivity index (χ0v) is 14.1. The van der Waals surface area contributed by atoms with Crippen molar-refractivity contribution in [2.45, 2.75) is 39.5 Å². The van der Waals surface area contributed by atoms with Crippen molar-refractivity contribution < 1.29 is 4.74 Å². The third-order valence-electron chi connectivity index (χ3n) is 3.81.